The quantitative estimate of drug-likeness (QED) is 0.783. The number of rotatable bonds is 4. The van der Waals surface area contributed by atoms with Gasteiger partial charge in [0.15, 0.2) is 0 Å². The number of hydrogen-bond donors (Lipinski definition) is 2. The van der Waals surface area contributed by atoms with Crippen LogP contribution < -0.4 is 11.1 Å². The van der Waals surface area contributed by atoms with E-state index < -0.39 is 0 Å². The Hall–Kier alpha value is -1.35. The number of amides is 1. The molecule has 15 heavy (non-hydrogen) atoms. The van der Waals surface area contributed by atoms with Crippen molar-refractivity contribution in [2.45, 2.75) is 19.9 Å². The van der Waals surface area contributed by atoms with Gasteiger partial charge in [-0.15, -0.1) is 0 Å². The van der Waals surface area contributed by atoms with E-state index in [1.54, 1.807) is 0 Å². The lowest BCUT2D eigenvalue weighted by Crippen LogP contribution is -2.34. The van der Waals surface area contributed by atoms with Gasteiger partial charge in [-0.2, -0.15) is 0 Å². The summed E-state index contributed by atoms with van der Waals surface area (Å²) in [6, 6.07) is 9.92. The predicted octanol–water partition coefficient (Wildman–Crippen LogP) is 1.46. The molecule has 2 unspecified atom stereocenters. The molecule has 0 aliphatic carbocycles. The van der Waals surface area contributed by atoms with Gasteiger partial charge in [0.05, 0.1) is 6.04 Å². The summed E-state index contributed by atoms with van der Waals surface area (Å²) >= 11 is 0. The molecule has 1 amide bonds. The van der Waals surface area contributed by atoms with Crippen LogP contribution in [-0.4, -0.2) is 12.5 Å². The van der Waals surface area contributed by atoms with Crippen LogP contribution in [0.1, 0.15) is 25.5 Å². The van der Waals surface area contributed by atoms with E-state index in [-0.39, 0.29) is 17.9 Å². The summed E-state index contributed by atoms with van der Waals surface area (Å²) in [5.41, 5.74) is 6.53. The highest BCUT2D eigenvalue weighted by Crippen LogP contribution is 2.11. The van der Waals surface area contributed by atoms with Gasteiger partial charge in [-0.25, -0.2) is 0 Å². The smallest absolute Gasteiger partial charge is 0.224 e. The number of carbonyl (C=O) groups excluding carboxylic acids is 1. The highest BCUT2D eigenvalue weighted by molar-refractivity contribution is 5.78. The average Bonchev–Trinajstić information content (AvgIpc) is 2.29. The number of hydrogen-bond acceptors (Lipinski definition) is 2. The molecule has 0 spiro atoms. The zero-order valence-electron chi connectivity index (χ0n) is 9.23. The van der Waals surface area contributed by atoms with Crippen LogP contribution in [0.4, 0.5) is 0 Å². The molecule has 0 aliphatic heterocycles. The Labute approximate surface area is 90.7 Å². The maximum absolute atomic E-state index is 11.6. The Balaban J connectivity index is 2.56. The molecule has 0 heterocycles. The molecule has 3 heteroatoms. The molecule has 0 bridgehead atoms. The number of nitrogens with one attached hydrogen (secondary N) is 1. The molecule has 0 radical (unpaired) electrons. The van der Waals surface area contributed by atoms with E-state index in [1.807, 2.05) is 44.2 Å². The number of nitrogens with two attached hydrogens (primary N) is 1. The van der Waals surface area contributed by atoms with Gasteiger partial charge >= 0.3 is 0 Å². The van der Waals surface area contributed by atoms with Gasteiger partial charge in [-0.05, 0) is 12.5 Å². The molecule has 0 saturated heterocycles. The minimum absolute atomic E-state index is 0.00820. The molecule has 82 valence electrons. The molecule has 3 nitrogen and oxygen atoms in total. The molecule has 2 atom stereocenters. The lowest BCUT2D eigenvalue weighted by Gasteiger charge is -2.16. The van der Waals surface area contributed by atoms with Crippen molar-refractivity contribution in [1.82, 2.24) is 5.32 Å². The SMILES string of the molecule is CC(CN)C(=O)NC(C)c1ccccc1. The van der Waals surface area contributed by atoms with Crippen molar-refractivity contribution in [3.05, 3.63) is 35.9 Å². The van der Waals surface area contributed by atoms with Gasteiger partial charge in [-0.3, -0.25) is 4.79 Å². The van der Waals surface area contributed by atoms with Gasteiger partial charge in [-0.1, -0.05) is 37.3 Å². The van der Waals surface area contributed by atoms with Crippen LogP contribution >= 0.6 is 0 Å². The van der Waals surface area contributed by atoms with E-state index in [2.05, 4.69) is 5.32 Å². The van der Waals surface area contributed by atoms with Crippen LogP contribution in [0, 0.1) is 5.92 Å². The molecule has 0 aliphatic rings. The molecular formula is C12H18N2O. The Bertz CT molecular complexity index is 311. The Morgan fingerprint density at radius 1 is 1.33 bits per heavy atom. The van der Waals surface area contributed by atoms with Crippen LogP contribution in [0.3, 0.4) is 0 Å². The maximum atomic E-state index is 11.6. The Morgan fingerprint density at radius 3 is 2.47 bits per heavy atom. The van der Waals surface area contributed by atoms with Crippen LogP contribution in [-0.2, 0) is 4.79 Å². The Kier molecular flexibility index (Phi) is 4.31. The lowest BCUT2D eigenvalue weighted by atomic mass is 10.1. The molecule has 1 aromatic carbocycles. The highest BCUT2D eigenvalue weighted by atomic mass is 16.1. The molecule has 0 fully saturated rings. The first kappa shape index (κ1) is 11.7. The average molecular weight is 206 g/mol. The normalized spacial score (nSPS) is 14.3. The third-order valence-electron chi connectivity index (χ3n) is 2.46. The molecule has 1 aromatic rings. The van der Waals surface area contributed by atoms with Crippen LogP contribution in [0.25, 0.3) is 0 Å². The summed E-state index contributed by atoms with van der Waals surface area (Å²) in [5.74, 6) is -0.120. The monoisotopic (exact) mass is 206 g/mol. The number of carbonyl (C=O) groups is 1. The zero-order valence-corrected chi connectivity index (χ0v) is 9.23. The second kappa shape index (κ2) is 5.51. The maximum Gasteiger partial charge on any atom is 0.224 e. The first-order chi connectivity index (χ1) is 7.15. The van der Waals surface area contributed by atoms with Gasteiger partial charge in [0.2, 0.25) is 5.91 Å². The minimum atomic E-state index is -0.129. The van der Waals surface area contributed by atoms with E-state index in [0.717, 1.165) is 5.56 Å². The first-order valence-corrected chi connectivity index (χ1v) is 5.20. The fourth-order valence-corrected chi connectivity index (χ4v) is 1.29. The third-order valence-corrected chi connectivity index (χ3v) is 2.46. The number of benzene rings is 1. The van der Waals surface area contributed by atoms with Gasteiger partial charge in [0, 0.05) is 12.5 Å². The predicted molar refractivity (Wildman–Crippen MR) is 61.2 cm³/mol. The molecule has 0 saturated carbocycles. The van der Waals surface area contributed by atoms with Gasteiger partial charge in [0.1, 0.15) is 0 Å². The summed E-state index contributed by atoms with van der Waals surface area (Å²) in [7, 11) is 0. The summed E-state index contributed by atoms with van der Waals surface area (Å²) < 4.78 is 0. The van der Waals surface area contributed by atoms with E-state index in [9.17, 15) is 4.79 Å². The van der Waals surface area contributed by atoms with Crippen molar-refractivity contribution in [1.29, 1.82) is 0 Å². The largest absolute Gasteiger partial charge is 0.349 e. The van der Waals surface area contributed by atoms with E-state index in [0.29, 0.717) is 6.54 Å². The minimum Gasteiger partial charge on any atom is -0.349 e. The van der Waals surface area contributed by atoms with E-state index >= 15 is 0 Å². The molecule has 1 rings (SSSR count). The lowest BCUT2D eigenvalue weighted by molar-refractivity contribution is -0.124. The van der Waals surface area contributed by atoms with Crippen LogP contribution in [0.2, 0.25) is 0 Å². The van der Waals surface area contributed by atoms with E-state index in [1.165, 1.54) is 0 Å². The summed E-state index contributed by atoms with van der Waals surface area (Å²) in [6.45, 7) is 4.18. The molecule has 3 N–H and O–H groups in total. The van der Waals surface area contributed by atoms with Crippen molar-refractivity contribution in [2.75, 3.05) is 6.54 Å². The van der Waals surface area contributed by atoms with Gasteiger partial charge < -0.3 is 11.1 Å². The first-order valence-electron chi connectivity index (χ1n) is 5.20. The van der Waals surface area contributed by atoms with Crippen molar-refractivity contribution >= 4 is 5.91 Å². The molecular weight excluding hydrogens is 188 g/mol. The summed E-state index contributed by atoms with van der Waals surface area (Å²) in [5, 5.41) is 2.93. The van der Waals surface area contributed by atoms with Crippen LogP contribution in [0.5, 0.6) is 0 Å². The zero-order chi connectivity index (χ0) is 11.3. The topological polar surface area (TPSA) is 55.1 Å². The van der Waals surface area contributed by atoms with Crippen molar-refractivity contribution in [2.24, 2.45) is 11.7 Å². The molecule has 0 aromatic heterocycles. The van der Waals surface area contributed by atoms with Crippen molar-refractivity contribution in [3.8, 4) is 0 Å². The third kappa shape index (κ3) is 3.36. The highest BCUT2D eigenvalue weighted by Gasteiger charge is 2.14. The van der Waals surface area contributed by atoms with Crippen molar-refractivity contribution < 1.29 is 4.79 Å². The summed E-state index contributed by atoms with van der Waals surface area (Å²) in [6.07, 6.45) is 0. The van der Waals surface area contributed by atoms with Gasteiger partial charge in [0.25, 0.3) is 0 Å². The Morgan fingerprint density at radius 2 is 1.93 bits per heavy atom. The van der Waals surface area contributed by atoms with Crippen LogP contribution in [0.15, 0.2) is 30.3 Å². The summed E-state index contributed by atoms with van der Waals surface area (Å²) in [4.78, 5) is 11.6. The fraction of sp³-hybridized carbons (Fsp3) is 0.417. The van der Waals surface area contributed by atoms with E-state index in [4.69, 9.17) is 5.73 Å². The van der Waals surface area contributed by atoms with Crippen molar-refractivity contribution in [3.63, 3.8) is 0 Å². The standard InChI is InChI=1S/C12H18N2O/c1-9(8-13)12(15)14-10(2)11-6-4-3-5-7-11/h3-7,9-10H,8,13H2,1-2H3,(H,14,15). The second-order valence-corrected chi connectivity index (χ2v) is 3.78. The fourth-order valence-electron chi connectivity index (χ4n) is 1.29. The second-order valence-electron chi connectivity index (χ2n) is 3.78.